The maximum absolute atomic E-state index is 6.21. The second-order valence-corrected chi connectivity index (χ2v) is 19.7. The van der Waals surface area contributed by atoms with Gasteiger partial charge < -0.3 is 47.7 Å². The molecule has 10 heteroatoms. The van der Waals surface area contributed by atoms with Crippen LogP contribution in [-0.2, 0) is 64.3 Å². The molecule has 0 spiro atoms. The van der Waals surface area contributed by atoms with Crippen LogP contribution in [0.4, 0.5) is 34.1 Å². The summed E-state index contributed by atoms with van der Waals surface area (Å²) in [5, 5.41) is 0. The molecule has 0 N–H and O–H groups in total. The topological polar surface area (TPSA) is 80.3 Å². The van der Waals surface area contributed by atoms with Gasteiger partial charge in [0.05, 0.1) is 26.4 Å². The summed E-state index contributed by atoms with van der Waals surface area (Å²) >= 11 is 0. The number of rotatable bonds is 19. The summed E-state index contributed by atoms with van der Waals surface area (Å²) in [6.07, 6.45) is 12.3. The monoisotopic (exact) mass is 973 g/mol. The zero-order chi connectivity index (χ0) is 48.9. The molecule has 4 aliphatic heterocycles. The van der Waals surface area contributed by atoms with E-state index in [0.29, 0.717) is 26.4 Å². The number of benzene rings is 6. The van der Waals surface area contributed by atoms with Crippen molar-refractivity contribution < 1.29 is 37.9 Å². The average Bonchev–Trinajstić information content (AvgIpc) is 3.44. The molecule has 6 aromatic rings. The molecule has 0 bridgehead atoms. The highest BCUT2D eigenvalue weighted by atomic mass is 16.7. The molecule has 0 radical (unpaired) electrons. The van der Waals surface area contributed by atoms with Gasteiger partial charge in [0.2, 0.25) is 0 Å². The van der Waals surface area contributed by atoms with Crippen molar-refractivity contribution in [3.8, 4) is 11.1 Å². The van der Waals surface area contributed by atoms with E-state index in [-0.39, 0.29) is 25.2 Å². The molecule has 0 aliphatic carbocycles. The first-order valence-corrected chi connectivity index (χ1v) is 26.6. The van der Waals surface area contributed by atoms with Gasteiger partial charge in [-0.15, -0.1) is 0 Å². The summed E-state index contributed by atoms with van der Waals surface area (Å²) in [5.41, 5.74) is 15.6. The summed E-state index contributed by atoms with van der Waals surface area (Å²) in [7, 11) is 0. The van der Waals surface area contributed by atoms with E-state index in [1.165, 1.54) is 11.1 Å². The molecule has 4 heterocycles. The largest absolute Gasteiger partial charge is 0.353 e. The van der Waals surface area contributed by atoms with Crippen LogP contribution in [0, 0.1) is 13.8 Å². The summed E-state index contributed by atoms with van der Waals surface area (Å²) in [6, 6.07) is 48.5. The predicted octanol–water partition coefficient (Wildman–Crippen LogP) is 15.1. The number of hydrogen-bond acceptors (Lipinski definition) is 10. The van der Waals surface area contributed by atoms with Crippen LogP contribution in [0.3, 0.4) is 0 Å². The Balaban J connectivity index is 0.890. The van der Waals surface area contributed by atoms with Gasteiger partial charge in [-0.3, -0.25) is 0 Å². The van der Waals surface area contributed by atoms with Crippen molar-refractivity contribution in [2.24, 2.45) is 0 Å². The Hall–Kier alpha value is -5.40. The Morgan fingerprint density at radius 3 is 0.931 bits per heavy atom. The molecular formula is C62H72N2O8. The van der Waals surface area contributed by atoms with Crippen LogP contribution >= 0.6 is 0 Å². The van der Waals surface area contributed by atoms with Crippen molar-refractivity contribution in [2.75, 3.05) is 36.2 Å². The van der Waals surface area contributed by atoms with Gasteiger partial charge in [-0.1, -0.05) is 60.7 Å². The quantitative estimate of drug-likeness (QED) is 0.0783. The Morgan fingerprint density at radius 1 is 0.347 bits per heavy atom. The maximum Gasteiger partial charge on any atom is 0.158 e. The lowest BCUT2D eigenvalue weighted by Gasteiger charge is -2.28. The minimum Gasteiger partial charge on any atom is -0.353 e. The fourth-order valence-corrected chi connectivity index (χ4v) is 10.1. The van der Waals surface area contributed by atoms with E-state index in [4.69, 9.17) is 37.9 Å². The lowest BCUT2D eigenvalue weighted by molar-refractivity contribution is -0.169. The second-order valence-electron chi connectivity index (χ2n) is 19.7. The zero-order valence-electron chi connectivity index (χ0n) is 42.3. The SMILES string of the molecule is Cc1cc(N(c2ccc(COC3CCCCO3)cc2)c2ccc(-c3ccc(N(c4ccc(COC5CCCCO5)cc4)c4ccc(COC5CCCCO5)c(C)c4)cc3)cc2)ccc1COC1CCCCO1. The van der Waals surface area contributed by atoms with Gasteiger partial charge in [0.15, 0.2) is 25.2 Å². The second kappa shape index (κ2) is 25.0. The van der Waals surface area contributed by atoms with Crippen LogP contribution in [0.15, 0.2) is 133 Å². The molecule has 10 rings (SSSR count). The van der Waals surface area contributed by atoms with Gasteiger partial charge in [0, 0.05) is 60.6 Å². The van der Waals surface area contributed by atoms with Crippen molar-refractivity contribution in [1.29, 1.82) is 0 Å². The molecule has 4 fully saturated rings. The predicted molar refractivity (Wildman–Crippen MR) is 284 cm³/mol. The van der Waals surface area contributed by atoms with Gasteiger partial charge in [0.25, 0.3) is 0 Å². The number of anilines is 6. The van der Waals surface area contributed by atoms with Crippen molar-refractivity contribution in [3.05, 3.63) is 167 Å². The number of hydrogen-bond donors (Lipinski definition) is 0. The first-order chi connectivity index (χ1) is 35.5. The molecule has 0 saturated carbocycles. The van der Waals surface area contributed by atoms with Crippen LogP contribution in [0.2, 0.25) is 0 Å². The summed E-state index contributed by atoms with van der Waals surface area (Å²) in [6.45, 7) is 9.50. The lowest BCUT2D eigenvalue weighted by Crippen LogP contribution is -2.22. The molecule has 4 unspecified atom stereocenters. The summed E-state index contributed by atoms with van der Waals surface area (Å²) in [5.74, 6) is 0. The van der Waals surface area contributed by atoms with Gasteiger partial charge in [-0.25, -0.2) is 0 Å². The van der Waals surface area contributed by atoms with Gasteiger partial charge in [-0.05, 0) is 208 Å². The number of nitrogens with zero attached hydrogens (tertiary/aromatic N) is 2. The molecule has 0 aromatic heterocycles. The van der Waals surface area contributed by atoms with Crippen LogP contribution in [-0.4, -0.2) is 51.6 Å². The average molecular weight is 973 g/mol. The fraction of sp³-hybridized carbons (Fsp3) is 0.419. The molecule has 4 aliphatic rings. The molecule has 72 heavy (non-hydrogen) atoms. The van der Waals surface area contributed by atoms with E-state index < -0.39 is 0 Å². The first-order valence-electron chi connectivity index (χ1n) is 26.6. The Kier molecular flexibility index (Phi) is 17.4. The van der Waals surface area contributed by atoms with Crippen LogP contribution in [0.5, 0.6) is 0 Å². The highest BCUT2D eigenvalue weighted by molar-refractivity contribution is 5.81. The normalized spacial score (nSPS) is 20.5. The Morgan fingerprint density at radius 2 is 0.639 bits per heavy atom. The van der Waals surface area contributed by atoms with E-state index in [9.17, 15) is 0 Å². The lowest BCUT2D eigenvalue weighted by atomic mass is 10.0. The number of ether oxygens (including phenoxy) is 8. The van der Waals surface area contributed by atoms with E-state index in [1.807, 2.05) is 0 Å². The van der Waals surface area contributed by atoms with E-state index in [2.05, 4.69) is 157 Å². The minimum absolute atomic E-state index is 0.127. The third-order valence-corrected chi connectivity index (χ3v) is 14.4. The van der Waals surface area contributed by atoms with E-state index in [1.54, 1.807) is 0 Å². The molecule has 0 amide bonds. The molecule has 4 saturated heterocycles. The summed E-state index contributed by atoms with van der Waals surface area (Å²) < 4.78 is 48.1. The highest BCUT2D eigenvalue weighted by Crippen LogP contribution is 2.40. The fourth-order valence-electron chi connectivity index (χ4n) is 10.1. The maximum atomic E-state index is 6.21. The first kappa shape index (κ1) is 50.1. The van der Waals surface area contributed by atoms with Crippen molar-refractivity contribution in [3.63, 3.8) is 0 Å². The molecule has 10 nitrogen and oxygen atoms in total. The zero-order valence-corrected chi connectivity index (χ0v) is 42.3. The molecule has 6 aromatic carbocycles. The van der Waals surface area contributed by atoms with Crippen LogP contribution < -0.4 is 9.80 Å². The smallest absolute Gasteiger partial charge is 0.158 e. The molecular weight excluding hydrogens is 901 g/mol. The van der Waals surface area contributed by atoms with Gasteiger partial charge in [0.1, 0.15) is 0 Å². The van der Waals surface area contributed by atoms with E-state index in [0.717, 1.165) is 171 Å². The van der Waals surface area contributed by atoms with Crippen molar-refractivity contribution in [1.82, 2.24) is 0 Å². The molecule has 4 atom stereocenters. The van der Waals surface area contributed by atoms with Crippen molar-refractivity contribution in [2.45, 2.75) is 142 Å². The Labute approximate surface area is 427 Å². The van der Waals surface area contributed by atoms with Gasteiger partial charge in [-0.2, -0.15) is 0 Å². The highest BCUT2D eigenvalue weighted by Gasteiger charge is 2.21. The summed E-state index contributed by atoms with van der Waals surface area (Å²) in [4.78, 5) is 4.65. The van der Waals surface area contributed by atoms with E-state index >= 15 is 0 Å². The Bertz CT molecular complexity index is 2420. The third-order valence-electron chi connectivity index (χ3n) is 14.4. The standard InChI is InChI=1S/C62H72N2O8/c1-45-39-57(33-23-51(45)43-71-61-13-5-9-37-67-61)63(53-25-15-47(16-26-53)41-69-59-11-3-7-35-65-59)55-29-19-49(20-30-55)50-21-31-56(32-22-50)64(54-27-17-48(18-28-54)42-70-60-12-4-8-36-66-60)58-34-24-52(46(2)40-58)44-72-62-14-6-10-38-68-62/h15-34,39-40,59-62H,3-14,35-38,41-44H2,1-2H3. The van der Waals surface area contributed by atoms with Gasteiger partial charge >= 0.3 is 0 Å². The minimum atomic E-state index is -0.130. The van der Waals surface area contributed by atoms with Crippen molar-refractivity contribution >= 4 is 34.1 Å². The van der Waals surface area contributed by atoms with Crippen LogP contribution in [0.25, 0.3) is 11.1 Å². The number of aryl methyl sites for hydroxylation is 2. The van der Waals surface area contributed by atoms with Crippen LogP contribution in [0.1, 0.15) is 110 Å². The third kappa shape index (κ3) is 13.2. The molecule has 378 valence electrons.